The lowest BCUT2D eigenvalue weighted by atomic mass is 9.96. The van der Waals surface area contributed by atoms with Crippen LogP contribution in [0.2, 0.25) is 0 Å². The van der Waals surface area contributed by atoms with E-state index in [0.29, 0.717) is 17.2 Å². The lowest BCUT2D eigenvalue weighted by Crippen LogP contribution is -2.34. The van der Waals surface area contributed by atoms with Crippen LogP contribution in [0, 0.1) is 5.92 Å². The summed E-state index contributed by atoms with van der Waals surface area (Å²) in [6, 6.07) is 25.9. The monoisotopic (exact) mass is 450 g/mol. The zero-order valence-electron chi connectivity index (χ0n) is 18.7. The van der Waals surface area contributed by atoms with Crippen LogP contribution in [-0.4, -0.2) is 20.6 Å². The van der Waals surface area contributed by atoms with E-state index in [9.17, 15) is 13.2 Å². The lowest BCUT2D eigenvalue weighted by molar-refractivity contribution is 0.0932. The molecule has 32 heavy (non-hydrogen) atoms. The van der Waals surface area contributed by atoms with Gasteiger partial charge in [0.1, 0.15) is 0 Å². The number of nitrogens with zero attached hydrogens (tertiary/aromatic N) is 1. The minimum atomic E-state index is -3.62. The van der Waals surface area contributed by atoms with Crippen molar-refractivity contribution in [1.29, 1.82) is 0 Å². The van der Waals surface area contributed by atoms with Crippen LogP contribution in [0.3, 0.4) is 0 Å². The molecule has 3 rings (SSSR count). The third-order valence-electron chi connectivity index (χ3n) is 5.20. The van der Waals surface area contributed by atoms with Gasteiger partial charge in [-0.05, 0) is 35.6 Å². The van der Waals surface area contributed by atoms with Gasteiger partial charge < -0.3 is 5.32 Å². The third kappa shape index (κ3) is 6.20. The summed E-state index contributed by atoms with van der Waals surface area (Å²) in [7, 11) is -3.62. The predicted molar refractivity (Wildman–Crippen MR) is 130 cm³/mol. The average molecular weight is 451 g/mol. The summed E-state index contributed by atoms with van der Waals surface area (Å²) < 4.78 is 26.7. The molecule has 0 aromatic heterocycles. The number of hydrogen-bond donors (Lipinski definition) is 1. The number of sulfonamides is 1. The molecule has 3 aromatic carbocycles. The van der Waals surface area contributed by atoms with Gasteiger partial charge in [-0.1, -0.05) is 86.6 Å². The molecule has 0 aliphatic rings. The van der Waals surface area contributed by atoms with Crippen LogP contribution in [-0.2, 0) is 16.6 Å². The van der Waals surface area contributed by atoms with Crippen LogP contribution >= 0.6 is 0 Å². The summed E-state index contributed by atoms with van der Waals surface area (Å²) in [5, 5.41) is 3.13. The number of carbonyl (C=O) groups is 1. The molecule has 0 heterocycles. The number of benzene rings is 3. The molecule has 0 aliphatic carbocycles. The summed E-state index contributed by atoms with van der Waals surface area (Å²) >= 11 is 0. The molecule has 0 aliphatic heterocycles. The van der Waals surface area contributed by atoms with Gasteiger partial charge in [0.05, 0.1) is 30.1 Å². The van der Waals surface area contributed by atoms with E-state index in [1.54, 1.807) is 24.3 Å². The second-order valence-corrected chi connectivity index (χ2v) is 10.2. The molecule has 3 aromatic rings. The molecule has 5 nitrogen and oxygen atoms in total. The van der Waals surface area contributed by atoms with Crippen LogP contribution in [0.25, 0.3) is 0 Å². The molecule has 1 amide bonds. The maximum Gasteiger partial charge on any atom is 0.253 e. The first-order chi connectivity index (χ1) is 15.3. The van der Waals surface area contributed by atoms with Crippen molar-refractivity contribution in [3.63, 3.8) is 0 Å². The highest BCUT2D eigenvalue weighted by Crippen LogP contribution is 2.27. The molecule has 1 N–H and O–H groups in total. The predicted octanol–water partition coefficient (Wildman–Crippen LogP) is 5.17. The van der Waals surface area contributed by atoms with E-state index in [4.69, 9.17) is 0 Å². The van der Waals surface area contributed by atoms with Crippen molar-refractivity contribution in [1.82, 2.24) is 5.32 Å². The normalized spacial score (nSPS) is 12.4. The fraction of sp³-hybridized carbons (Fsp3) is 0.269. The number of carbonyl (C=O) groups excluding carboxylic acids is 1. The molecular formula is C26H30N2O3S. The summed E-state index contributed by atoms with van der Waals surface area (Å²) in [6.45, 7) is 4.38. The van der Waals surface area contributed by atoms with Crippen molar-refractivity contribution in [2.45, 2.75) is 32.9 Å². The Hall–Kier alpha value is -3.12. The number of amides is 1. The SMILES string of the molecule is CC(C)C[C@H](NC(=O)c1ccccc1N(Cc1ccccc1)S(C)(=O)=O)c1ccccc1. The van der Waals surface area contributed by atoms with E-state index >= 15 is 0 Å². The van der Waals surface area contributed by atoms with E-state index in [-0.39, 0.29) is 18.5 Å². The molecule has 6 heteroatoms. The van der Waals surface area contributed by atoms with Crippen LogP contribution in [0.1, 0.15) is 47.8 Å². The number of anilines is 1. The van der Waals surface area contributed by atoms with E-state index in [1.165, 1.54) is 4.31 Å². The van der Waals surface area contributed by atoms with Crippen molar-refractivity contribution in [3.05, 3.63) is 102 Å². The average Bonchev–Trinajstić information content (AvgIpc) is 2.77. The van der Waals surface area contributed by atoms with E-state index in [0.717, 1.165) is 23.8 Å². The minimum Gasteiger partial charge on any atom is -0.345 e. The highest BCUT2D eigenvalue weighted by molar-refractivity contribution is 7.92. The van der Waals surface area contributed by atoms with Gasteiger partial charge in [-0.25, -0.2) is 8.42 Å². The van der Waals surface area contributed by atoms with Gasteiger partial charge >= 0.3 is 0 Å². The number of para-hydroxylation sites is 1. The number of hydrogen-bond acceptors (Lipinski definition) is 3. The summed E-state index contributed by atoms with van der Waals surface area (Å²) in [6.07, 6.45) is 1.94. The molecule has 0 saturated heterocycles. The Morgan fingerprint density at radius 3 is 2.03 bits per heavy atom. The quantitative estimate of drug-likeness (QED) is 0.489. The summed E-state index contributed by atoms with van der Waals surface area (Å²) in [4.78, 5) is 13.4. The molecule has 0 unspecified atom stereocenters. The molecule has 0 fully saturated rings. The molecule has 0 bridgehead atoms. The number of nitrogens with one attached hydrogen (secondary N) is 1. The lowest BCUT2D eigenvalue weighted by Gasteiger charge is -2.26. The van der Waals surface area contributed by atoms with Crippen molar-refractivity contribution < 1.29 is 13.2 Å². The van der Waals surface area contributed by atoms with Crippen LogP contribution in [0.5, 0.6) is 0 Å². The van der Waals surface area contributed by atoms with E-state index in [1.807, 2.05) is 60.7 Å². The third-order valence-corrected chi connectivity index (χ3v) is 6.33. The maximum absolute atomic E-state index is 13.4. The minimum absolute atomic E-state index is 0.151. The van der Waals surface area contributed by atoms with Crippen LogP contribution in [0.4, 0.5) is 5.69 Å². The highest BCUT2D eigenvalue weighted by Gasteiger charge is 2.25. The van der Waals surface area contributed by atoms with Gasteiger partial charge in [-0.2, -0.15) is 0 Å². The largest absolute Gasteiger partial charge is 0.345 e. The molecule has 0 radical (unpaired) electrons. The molecular weight excluding hydrogens is 420 g/mol. The second kappa shape index (κ2) is 10.5. The second-order valence-electron chi connectivity index (χ2n) is 8.34. The van der Waals surface area contributed by atoms with Gasteiger partial charge in [-0.15, -0.1) is 0 Å². The summed E-state index contributed by atoms with van der Waals surface area (Å²) in [5.41, 5.74) is 2.57. The van der Waals surface area contributed by atoms with Gasteiger partial charge in [-0.3, -0.25) is 9.10 Å². The summed E-state index contributed by atoms with van der Waals surface area (Å²) in [5.74, 6) is 0.0816. The maximum atomic E-state index is 13.4. The molecule has 168 valence electrons. The van der Waals surface area contributed by atoms with Crippen molar-refractivity contribution >= 4 is 21.6 Å². The fourth-order valence-electron chi connectivity index (χ4n) is 3.68. The highest BCUT2D eigenvalue weighted by atomic mass is 32.2. The first kappa shape index (κ1) is 23.5. The van der Waals surface area contributed by atoms with E-state index in [2.05, 4.69) is 19.2 Å². The Morgan fingerprint density at radius 2 is 1.44 bits per heavy atom. The standard InChI is InChI=1S/C26H30N2O3S/c1-20(2)18-24(22-14-8-5-9-15-22)27-26(29)23-16-10-11-17-25(23)28(32(3,30)31)19-21-12-6-4-7-13-21/h4-17,20,24H,18-19H2,1-3H3,(H,27,29)/t24-/m0/s1. The smallest absolute Gasteiger partial charge is 0.253 e. The zero-order valence-corrected chi connectivity index (χ0v) is 19.5. The van der Waals surface area contributed by atoms with Crippen LogP contribution in [0.15, 0.2) is 84.9 Å². The van der Waals surface area contributed by atoms with Gasteiger partial charge in [0.25, 0.3) is 5.91 Å². The molecule has 0 saturated carbocycles. The molecule has 0 spiro atoms. The first-order valence-electron chi connectivity index (χ1n) is 10.7. The Kier molecular flexibility index (Phi) is 7.70. The molecule has 1 atom stereocenters. The van der Waals surface area contributed by atoms with Crippen molar-refractivity contribution in [2.75, 3.05) is 10.6 Å². The van der Waals surface area contributed by atoms with Gasteiger partial charge in [0.15, 0.2) is 0 Å². The van der Waals surface area contributed by atoms with Crippen molar-refractivity contribution in [3.8, 4) is 0 Å². The van der Waals surface area contributed by atoms with Crippen molar-refractivity contribution in [2.24, 2.45) is 5.92 Å². The first-order valence-corrected chi connectivity index (χ1v) is 12.6. The Labute approximate surface area is 191 Å². The Morgan fingerprint density at radius 1 is 0.875 bits per heavy atom. The topological polar surface area (TPSA) is 66.5 Å². The fourth-order valence-corrected chi connectivity index (χ4v) is 4.58. The van der Waals surface area contributed by atoms with Gasteiger partial charge in [0.2, 0.25) is 10.0 Å². The number of rotatable bonds is 9. The van der Waals surface area contributed by atoms with Gasteiger partial charge in [0, 0.05) is 0 Å². The Bertz CT molecular complexity index is 1130. The van der Waals surface area contributed by atoms with E-state index < -0.39 is 10.0 Å². The Balaban J connectivity index is 1.95. The van der Waals surface area contributed by atoms with Crippen LogP contribution < -0.4 is 9.62 Å². The zero-order chi connectivity index (χ0) is 23.1.